The molecule has 0 fully saturated rings. The summed E-state index contributed by atoms with van der Waals surface area (Å²) in [6, 6.07) is 16.7. The first-order chi connectivity index (χ1) is 13.7. The van der Waals surface area contributed by atoms with Crippen LogP contribution in [0.5, 0.6) is 5.75 Å². The lowest BCUT2D eigenvalue weighted by atomic mass is 10.0. The second-order valence-electron chi connectivity index (χ2n) is 6.62. The molecule has 2 aromatic carbocycles. The third-order valence-corrected chi connectivity index (χ3v) is 4.67. The van der Waals surface area contributed by atoms with Gasteiger partial charge in [0, 0.05) is 37.3 Å². The maximum atomic E-state index is 12.3. The van der Waals surface area contributed by atoms with Gasteiger partial charge in [0.25, 0.3) is 0 Å². The molecule has 4 rings (SSSR count). The average molecular weight is 382 g/mol. The number of halogens is 2. The molecule has 0 spiro atoms. The Balaban J connectivity index is 1.49. The molecule has 0 amide bonds. The number of benzene rings is 2. The minimum absolute atomic E-state index is 0.124. The molecular formula is C21H20F2N4O. The molecule has 5 nitrogen and oxygen atoms in total. The largest absolute Gasteiger partial charge is 0.435 e. The van der Waals surface area contributed by atoms with Crippen LogP contribution in [0.3, 0.4) is 0 Å². The molecule has 1 aliphatic heterocycles. The normalized spacial score (nSPS) is 14.0. The van der Waals surface area contributed by atoms with E-state index in [-0.39, 0.29) is 5.75 Å². The maximum absolute atomic E-state index is 12.3. The summed E-state index contributed by atoms with van der Waals surface area (Å²) in [5.74, 6) is 0.865. The van der Waals surface area contributed by atoms with Crippen LogP contribution >= 0.6 is 0 Å². The quantitative estimate of drug-likeness (QED) is 0.686. The van der Waals surface area contributed by atoms with E-state index < -0.39 is 6.61 Å². The van der Waals surface area contributed by atoms with Crippen LogP contribution in [0.4, 0.5) is 20.3 Å². The summed E-state index contributed by atoms with van der Waals surface area (Å²) >= 11 is 0. The van der Waals surface area contributed by atoms with Crippen molar-refractivity contribution in [2.24, 2.45) is 0 Å². The predicted octanol–water partition coefficient (Wildman–Crippen LogP) is 4.38. The standard InChI is InChI=1S/C21H20F2N4O/c22-21(23)28-17-8-6-16(7-9-17)26-20-18-13-27(11-10-19(18)24-14-25-20)12-15-4-2-1-3-5-15/h1-9,14,21H,10-13H2,(H,24,25,26). The first-order valence-corrected chi connectivity index (χ1v) is 9.08. The molecule has 28 heavy (non-hydrogen) atoms. The number of hydrogen-bond donors (Lipinski definition) is 1. The van der Waals surface area contributed by atoms with E-state index in [1.54, 1.807) is 18.5 Å². The number of anilines is 2. The van der Waals surface area contributed by atoms with E-state index >= 15 is 0 Å². The van der Waals surface area contributed by atoms with Crippen LogP contribution in [-0.4, -0.2) is 28.0 Å². The molecule has 0 atom stereocenters. The summed E-state index contributed by atoms with van der Waals surface area (Å²) in [4.78, 5) is 11.2. The van der Waals surface area contributed by atoms with Gasteiger partial charge in [-0.25, -0.2) is 9.97 Å². The van der Waals surface area contributed by atoms with Gasteiger partial charge >= 0.3 is 6.61 Å². The lowest BCUT2D eigenvalue weighted by Crippen LogP contribution is -2.31. The fourth-order valence-electron chi connectivity index (χ4n) is 3.34. The number of aromatic nitrogens is 2. The van der Waals surface area contributed by atoms with Crippen LogP contribution in [0.2, 0.25) is 0 Å². The predicted molar refractivity (Wildman–Crippen MR) is 103 cm³/mol. The Morgan fingerprint density at radius 1 is 1.04 bits per heavy atom. The highest BCUT2D eigenvalue weighted by atomic mass is 19.3. The molecular weight excluding hydrogens is 362 g/mol. The van der Waals surface area contributed by atoms with Crippen molar-refractivity contribution >= 4 is 11.5 Å². The molecule has 0 saturated carbocycles. The minimum Gasteiger partial charge on any atom is -0.435 e. The Hall–Kier alpha value is -3.06. The number of ether oxygens (including phenoxy) is 1. The van der Waals surface area contributed by atoms with E-state index in [0.29, 0.717) is 0 Å². The smallest absolute Gasteiger partial charge is 0.387 e. The van der Waals surface area contributed by atoms with Crippen molar-refractivity contribution in [3.63, 3.8) is 0 Å². The van der Waals surface area contributed by atoms with Crippen LogP contribution in [0.25, 0.3) is 0 Å². The van der Waals surface area contributed by atoms with Crippen molar-refractivity contribution in [3.8, 4) is 5.75 Å². The van der Waals surface area contributed by atoms with Crippen molar-refractivity contribution in [3.05, 3.63) is 77.7 Å². The summed E-state index contributed by atoms with van der Waals surface area (Å²) in [6.07, 6.45) is 2.42. The molecule has 1 N–H and O–H groups in total. The lowest BCUT2D eigenvalue weighted by molar-refractivity contribution is -0.0498. The first kappa shape index (κ1) is 18.3. The summed E-state index contributed by atoms with van der Waals surface area (Å²) in [6.45, 7) is -0.269. The van der Waals surface area contributed by atoms with E-state index in [1.807, 2.05) is 18.2 Å². The molecule has 0 unspecified atom stereocenters. The summed E-state index contributed by atoms with van der Waals surface area (Å²) < 4.78 is 29.0. The molecule has 3 aromatic rings. The summed E-state index contributed by atoms with van der Waals surface area (Å²) in [5.41, 5.74) is 4.13. The number of alkyl halides is 2. The molecule has 1 aliphatic rings. The zero-order valence-electron chi connectivity index (χ0n) is 15.2. The third-order valence-electron chi connectivity index (χ3n) is 4.67. The second-order valence-corrected chi connectivity index (χ2v) is 6.62. The minimum atomic E-state index is -2.83. The Kier molecular flexibility index (Phi) is 5.43. The molecule has 0 bridgehead atoms. The number of fused-ring (bicyclic) bond motifs is 1. The van der Waals surface area contributed by atoms with Gasteiger partial charge in [0.05, 0.1) is 5.69 Å². The Bertz CT molecular complexity index is 919. The van der Waals surface area contributed by atoms with Gasteiger partial charge in [-0.1, -0.05) is 30.3 Å². The van der Waals surface area contributed by atoms with Crippen molar-refractivity contribution in [2.45, 2.75) is 26.1 Å². The number of hydrogen-bond acceptors (Lipinski definition) is 5. The van der Waals surface area contributed by atoms with E-state index in [9.17, 15) is 8.78 Å². The van der Waals surface area contributed by atoms with Gasteiger partial charge in [-0.2, -0.15) is 8.78 Å². The van der Waals surface area contributed by atoms with E-state index in [0.717, 1.165) is 48.8 Å². The Morgan fingerprint density at radius 3 is 2.57 bits per heavy atom. The number of nitrogens with zero attached hydrogens (tertiary/aromatic N) is 3. The van der Waals surface area contributed by atoms with Crippen molar-refractivity contribution < 1.29 is 13.5 Å². The molecule has 144 valence electrons. The molecule has 0 aliphatic carbocycles. The van der Waals surface area contributed by atoms with Crippen molar-refractivity contribution in [1.82, 2.24) is 14.9 Å². The lowest BCUT2D eigenvalue weighted by Gasteiger charge is -2.29. The van der Waals surface area contributed by atoms with Gasteiger partial charge in [-0.3, -0.25) is 4.90 Å². The van der Waals surface area contributed by atoms with E-state index in [4.69, 9.17) is 0 Å². The Morgan fingerprint density at radius 2 is 1.82 bits per heavy atom. The van der Waals surface area contributed by atoms with Gasteiger partial charge in [0.1, 0.15) is 17.9 Å². The van der Waals surface area contributed by atoms with Crippen LogP contribution in [0.15, 0.2) is 60.9 Å². The van der Waals surface area contributed by atoms with Crippen molar-refractivity contribution in [1.29, 1.82) is 0 Å². The fraction of sp³-hybridized carbons (Fsp3) is 0.238. The molecule has 0 saturated heterocycles. The Labute approximate surface area is 162 Å². The van der Waals surface area contributed by atoms with Gasteiger partial charge in [0.15, 0.2) is 0 Å². The van der Waals surface area contributed by atoms with Gasteiger partial charge in [-0.05, 0) is 29.8 Å². The third kappa shape index (κ3) is 4.43. The number of rotatable bonds is 6. The highest BCUT2D eigenvalue weighted by Gasteiger charge is 2.21. The highest BCUT2D eigenvalue weighted by Crippen LogP contribution is 2.27. The van der Waals surface area contributed by atoms with E-state index in [1.165, 1.54) is 17.7 Å². The van der Waals surface area contributed by atoms with Gasteiger partial charge < -0.3 is 10.1 Å². The van der Waals surface area contributed by atoms with E-state index in [2.05, 4.69) is 37.1 Å². The monoisotopic (exact) mass is 382 g/mol. The van der Waals surface area contributed by atoms with Gasteiger partial charge in [0.2, 0.25) is 0 Å². The SMILES string of the molecule is FC(F)Oc1ccc(Nc2ncnc3c2CN(Cc2ccccc2)CC3)cc1. The van der Waals surface area contributed by atoms with Crippen LogP contribution in [0.1, 0.15) is 16.8 Å². The maximum Gasteiger partial charge on any atom is 0.387 e. The molecule has 1 aromatic heterocycles. The second kappa shape index (κ2) is 8.31. The zero-order valence-corrected chi connectivity index (χ0v) is 15.2. The van der Waals surface area contributed by atoms with Gasteiger partial charge in [-0.15, -0.1) is 0 Å². The zero-order chi connectivity index (χ0) is 19.3. The van der Waals surface area contributed by atoms with Crippen molar-refractivity contribution in [2.75, 3.05) is 11.9 Å². The van der Waals surface area contributed by atoms with Crippen LogP contribution < -0.4 is 10.1 Å². The highest BCUT2D eigenvalue weighted by molar-refractivity contribution is 5.61. The topological polar surface area (TPSA) is 50.3 Å². The van der Waals surface area contributed by atoms with Crippen LogP contribution in [0, 0.1) is 0 Å². The fourth-order valence-corrected chi connectivity index (χ4v) is 3.34. The number of nitrogens with one attached hydrogen (secondary N) is 1. The molecule has 7 heteroatoms. The summed E-state index contributed by atoms with van der Waals surface area (Å²) in [7, 11) is 0. The molecule has 0 radical (unpaired) electrons. The first-order valence-electron chi connectivity index (χ1n) is 9.08. The average Bonchev–Trinajstić information content (AvgIpc) is 2.70. The molecule has 2 heterocycles. The summed E-state index contributed by atoms with van der Waals surface area (Å²) in [5, 5.41) is 3.28. The van der Waals surface area contributed by atoms with Crippen LogP contribution in [-0.2, 0) is 19.5 Å².